The van der Waals surface area contributed by atoms with Crippen LogP contribution in [0.25, 0.3) is 10.9 Å². The molecule has 0 aliphatic carbocycles. The summed E-state index contributed by atoms with van der Waals surface area (Å²) >= 11 is 10.7. The van der Waals surface area contributed by atoms with Crippen molar-refractivity contribution in [2.45, 2.75) is 23.9 Å². The van der Waals surface area contributed by atoms with Crippen molar-refractivity contribution < 1.29 is 18.0 Å². The van der Waals surface area contributed by atoms with Crippen molar-refractivity contribution in [1.29, 1.82) is 0 Å². The lowest BCUT2D eigenvalue weighted by Crippen LogP contribution is -2.17. The van der Waals surface area contributed by atoms with Crippen LogP contribution < -0.4 is 5.43 Å². The van der Waals surface area contributed by atoms with Gasteiger partial charge >= 0.3 is 6.18 Å². The summed E-state index contributed by atoms with van der Waals surface area (Å²) < 4.78 is 38.6. The maximum absolute atomic E-state index is 12.8. The highest BCUT2D eigenvalue weighted by Gasteiger charge is 2.30. The van der Waals surface area contributed by atoms with Crippen molar-refractivity contribution in [2.24, 2.45) is 0 Å². The number of aromatic amines is 1. The SMILES string of the molecule is CC(=O)c1c(SCc2ccc(C(F)(F)F)cc2)[nH]c2c(Br)ccc(Cl)c2c1=O. The summed E-state index contributed by atoms with van der Waals surface area (Å²) in [5.41, 5.74) is -0.161. The molecule has 0 saturated carbocycles. The number of benzene rings is 2. The molecule has 0 atom stereocenters. The van der Waals surface area contributed by atoms with E-state index in [4.69, 9.17) is 11.6 Å². The fourth-order valence-electron chi connectivity index (χ4n) is 2.67. The molecule has 0 fully saturated rings. The molecule has 1 N–H and O–H groups in total. The second-order valence-corrected chi connectivity index (χ2v) is 8.22. The van der Waals surface area contributed by atoms with Crippen molar-refractivity contribution in [2.75, 3.05) is 0 Å². The van der Waals surface area contributed by atoms with Gasteiger partial charge in [-0.25, -0.2) is 0 Å². The number of Topliss-reactive ketones (excluding diaryl/α,β-unsaturated/α-hetero) is 1. The van der Waals surface area contributed by atoms with Crippen LogP contribution in [0.15, 0.2) is 50.7 Å². The average molecular weight is 491 g/mol. The lowest BCUT2D eigenvalue weighted by Gasteiger charge is -2.12. The predicted octanol–water partition coefficient (Wildman–Crippen LogP) is 6.46. The molecule has 0 saturated heterocycles. The Morgan fingerprint density at radius 2 is 1.82 bits per heavy atom. The molecule has 3 nitrogen and oxygen atoms in total. The van der Waals surface area contributed by atoms with E-state index in [0.717, 1.165) is 23.9 Å². The number of hydrogen-bond donors (Lipinski definition) is 1. The molecule has 0 aliphatic rings. The standard InChI is InChI=1S/C19H12BrClF3NO2S/c1-9(26)14-17(27)15-13(21)7-6-12(20)16(15)25-18(14)28-8-10-2-4-11(5-3-10)19(22,23)24/h2-7H,8H2,1H3,(H,25,27). The van der Waals surface area contributed by atoms with Gasteiger partial charge in [0.15, 0.2) is 5.78 Å². The van der Waals surface area contributed by atoms with E-state index in [1.807, 2.05) is 0 Å². The zero-order chi connectivity index (χ0) is 20.6. The number of alkyl halides is 3. The van der Waals surface area contributed by atoms with Gasteiger partial charge < -0.3 is 4.98 Å². The predicted molar refractivity (Wildman–Crippen MR) is 108 cm³/mol. The number of rotatable bonds is 4. The first-order valence-corrected chi connectivity index (χ1v) is 10.1. The molecule has 0 amide bonds. The molecule has 2 aromatic carbocycles. The molecular weight excluding hydrogens is 479 g/mol. The van der Waals surface area contributed by atoms with Gasteiger partial charge in [-0.05, 0) is 52.7 Å². The van der Waals surface area contributed by atoms with Crippen LogP contribution in [-0.4, -0.2) is 10.8 Å². The molecule has 3 aromatic rings. The number of hydrogen-bond acceptors (Lipinski definition) is 3. The van der Waals surface area contributed by atoms with E-state index < -0.39 is 23.0 Å². The summed E-state index contributed by atoms with van der Waals surface area (Å²) in [6.45, 7) is 1.28. The van der Waals surface area contributed by atoms with Gasteiger partial charge in [-0.1, -0.05) is 23.7 Å². The summed E-state index contributed by atoms with van der Waals surface area (Å²) in [4.78, 5) is 28.0. The number of H-pyrrole nitrogens is 1. The Hall–Kier alpha value is -1.77. The van der Waals surface area contributed by atoms with Gasteiger partial charge in [0.2, 0.25) is 5.43 Å². The molecule has 0 aliphatic heterocycles. The molecule has 9 heteroatoms. The van der Waals surface area contributed by atoms with Gasteiger partial charge in [0, 0.05) is 10.2 Å². The zero-order valence-electron chi connectivity index (χ0n) is 14.3. The summed E-state index contributed by atoms with van der Waals surface area (Å²) in [5.74, 6) is -0.146. The third kappa shape index (κ3) is 4.14. The molecule has 1 aromatic heterocycles. The number of aromatic nitrogens is 1. The summed E-state index contributed by atoms with van der Waals surface area (Å²) in [5, 5.41) is 0.772. The number of halogens is 5. The molecule has 0 spiro atoms. The van der Waals surface area contributed by atoms with Crippen LogP contribution in [0.3, 0.4) is 0 Å². The maximum Gasteiger partial charge on any atom is 0.416 e. The lowest BCUT2D eigenvalue weighted by molar-refractivity contribution is -0.137. The monoisotopic (exact) mass is 489 g/mol. The van der Waals surface area contributed by atoms with E-state index in [1.165, 1.54) is 19.1 Å². The van der Waals surface area contributed by atoms with Gasteiger partial charge in [-0.15, -0.1) is 11.8 Å². The van der Waals surface area contributed by atoms with E-state index in [0.29, 0.717) is 20.6 Å². The summed E-state index contributed by atoms with van der Waals surface area (Å²) in [6.07, 6.45) is -4.40. The number of fused-ring (bicyclic) bond motifs is 1. The van der Waals surface area contributed by atoms with Gasteiger partial charge in [0.05, 0.1) is 32.1 Å². The van der Waals surface area contributed by atoms with Crippen LogP contribution in [0.2, 0.25) is 5.02 Å². The Morgan fingerprint density at radius 3 is 2.39 bits per heavy atom. The van der Waals surface area contributed by atoms with E-state index in [9.17, 15) is 22.8 Å². The summed E-state index contributed by atoms with van der Waals surface area (Å²) in [6, 6.07) is 7.98. The Morgan fingerprint density at radius 1 is 1.18 bits per heavy atom. The number of thioether (sulfide) groups is 1. The minimum Gasteiger partial charge on any atom is -0.348 e. The third-order valence-corrected chi connectivity index (χ3v) is 6.09. The second kappa shape index (κ2) is 7.93. The van der Waals surface area contributed by atoms with E-state index in [2.05, 4.69) is 20.9 Å². The summed E-state index contributed by atoms with van der Waals surface area (Å²) in [7, 11) is 0. The van der Waals surface area contributed by atoms with Crippen LogP contribution in [-0.2, 0) is 11.9 Å². The van der Waals surface area contributed by atoms with Crippen molar-refractivity contribution in [3.63, 3.8) is 0 Å². The van der Waals surface area contributed by atoms with E-state index in [-0.39, 0.29) is 21.7 Å². The number of pyridine rings is 1. The van der Waals surface area contributed by atoms with Crippen molar-refractivity contribution >= 4 is 56.0 Å². The fourth-order valence-corrected chi connectivity index (χ4v) is 4.40. The van der Waals surface area contributed by atoms with Crippen LogP contribution in [0.5, 0.6) is 0 Å². The lowest BCUT2D eigenvalue weighted by atomic mass is 10.1. The molecular formula is C19H12BrClF3NO2S. The van der Waals surface area contributed by atoms with Gasteiger partial charge in [0.1, 0.15) is 0 Å². The molecule has 0 unspecified atom stereocenters. The van der Waals surface area contributed by atoms with Crippen LogP contribution >= 0.6 is 39.3 Å². The van der Waals surface area contributed by atoms with Crippen LogP contribution in [0, 0.1) is 0 Å². The van der Waals surface area contributed by atoms with E-state index in [1.54, 1.807) is 12.1 Å². The molecule has 1 heterocycles. The highest BCUT2D eigenvalue weighted by atomic mass is 79.9. The van der Waals surface area contributed by atoms with Gasteiger partial charge in [-0.3, -0.25) is 9.59 Å². The molecule has 146 valence electrons. The van der Waals surface area contributed by atoms with Crippen LogP contribution in [0.4, 0.5) is 13.2 Å². The first-order chi connectivity index (χ1) is 13.1. The molecule has 3 rings (SSSR count). The second-order valence-electron chi connectivity index (χ2n) is 5.98. The van der Waals surface area contributed by atoms with Gasteiger partial charge in [-0.2, -0.15) is 13.2 Å². The zero-order valence-corrected chi connectivity index (χ0v) is 17.4. The minimum atomic E-state index is -4.40. The van der Waals surface area contributed by atoms with E-state index >= 15 is 0 Å². The van der Waals surface area contributed by atoms with Crippen molar-refractivity contribution in [3.8, 4) is 0 Å². The molecule has 0 bridgehead atoms. The number of carbonyl (C=O) groups is 1. The first kappa shape index (κ1) is 21.0. The minimum absolute atomic E-state index is 0.0237. The highest BCUT2D eigenvalue weighted by molar-refractivity contribution is 9.10. The Balaban J connectivity index is 2.01. The van der Waals surface area contributed by atoms with Crippen molar-refractivity contribution in [1.82, 2.24) is 4.98 Å². The number of ketones is 1. The Bertz CT molecular complexity index is 1130. The third-order valence-electron chi connectivity index (χ3n) is 4.04. The maximum atomic E-state index is 12.8. The largest absolute Gasteiger partial charge is 0.416 e. The normalized spacial score (nSPS) is 11.8. The topological polar surface area (TPSA) is 49.9 Å². The number of nitrogens with one attached hydrogen (secondary N) is 1. The quantitative estimate of drug-likeness (QED) is 0.337. The van der Waals surface area contributed by atoms with Gasteiger partial charge in [0.25, 0.3) is 0 Å². The van der Waals surface area contributed by atoms with Crippen LogP contribution in [0.1, 0.15) is 28.4 Å². The number of carbonyl (C=O) groups excluding carboxylic acids is 1. The molecule has 28 heavy (non-hydrogen) atoms. The smallest absolute Gasteiger partial charge is 0.348 e. The Kier molecular flexibility index (Phi) is 5.93. The highest BCUT2D eigenvalue weighted by Crippen LogP contribution is 2.33. The molecule has 0 radical (unpaired) electrons. The van der Waals surface area contributed by atoms with Crippen molar-refractivity contribution in [3.05, 3.63) is 72.8 Å². The average Bonchev–Trinajstić information content (AvgIpc) is 2.62. The fraction of sp³-hybridized carbons (Fsp3) is 0.158. The Labute approximate surface area is 175 Å². The first-order valence-electron chi connectivity index (χ1n) is 7.93.